The Balaban J connectivity index is 3.71. The van der Waals surface area contributed by atoms with Crippen molar-refractivity contribution >= 4 is 0 Å². The van der Waals surface area contributed by atoms with E-state index in [4.69, 9.17) is 4.74 Å². The topological polar surface area (TPSA) is 24.5 Å². The van der Waals surface area contributed by atoms with Crippen LogP contribution in [0.4, 0.5) is 0 Å². The lowest BCUT2D eigenvalue weighted by molar-refractivity contribution is 0.148. The zero-order valence-electron chi connectivity index (χ0n) is 13.9. The minimum Gasteiger partial charge on any atom is -0.380 e. The molecule has 0 fully saturated rings. The van der Waals surface area contributed by atoms with Gasteiger partial charge in [0.25, 0.3) is 0 Å². The van der Waals surface area contributed by atoms with Gasteiger partial charge in [0.15, 0.2) is 0 Å². The molecule has 0 saturated heterocycles. The van der Waals surface area contributed by atoms with Crippen LogP contribution in [0.1, 0.15) is 47.5 Å². The Morgan fingerprint density at radius 2 is 1.47 bits per heavy atom. The monoisotopic (exact) mass is 272 g/mol. The fourth-order valence-electron chi connectivity index (χ4n) is 1.87. The van der Waals surface area contributed by atoms with Gasteiger partial charge in [-0.2, -0.15) is 0 Å². The van der Waals surface area contributed by atoms with Gasteiger partial charge in [-0.05, 0) is 44.7 Å². The maximum Gasteiger partial charge on any atom is 0.0590 e. The van der Waals surface area contributed by atoms with Crippen molar-refractivity contribution in [1.82, 2.24) is 10.2 Å². The molecular formula is C16H36N2O. The average Bonchev–Trinajstić information content (AvgIpc) is 2.35. The molecule has 3 heteroatoms. The third kappa shape index (κ3) is 14.1. The summed E-state index contributed by atoms with van der Waals surface area (Å²) in [5.74, 6) is 1.60. The summed E-state index contributed by atoms with van der Waals surface area (Å²) in [5, 5.41) is 3.46. The Morgan fingerprint density at radius 3 is 1.95 bits per heavy atom. The van der Waals surface area contributed by atoms with Gasteiger partial charge < -0.3 is 15.0 Å². The zero-order valence-corrected chi connectivity index (χ0v) is 13.9. The molecule has 0 aliphatic carbocycles. The summed E-state index contributed by atoms with van der Waals surface area (Å²) >= 11 is 0. The molecule has 0 aromatic rings. The van der Waals surface area contributed by atoms with Gasteiger partial charge in [-0.15, -0.1) is 0 Å². The Bertz CT molecular complexity index is 172. The molecule has 0 aromatic carbocycles. The number of nitrogens with one attached hydrogen (secondary N) is 1. The normalized spacial score (nSPS) is 12.0. The number of rotatable bonds is 13. The SMILES string of the molecule is CCOCCNCCN(CCC(C)C)CCC(C)C. The fraction of sp³-hybridized carbons (Fsp3) is 1.00. The van der Waals surface area contributed by atoms with E-state index in [1.54, 1.807) is 0 Å². The largest absolute Gasteiger partial charge is 0.380 e. The van der Waals surface area contributed by atoms with Crippen molar-refractivity contribution in [2.24, 2.45) is 11.8 Å². The van der Waals surface area contributed by atoms with Crippen LogP contribution in [0, 0.1) is 11.8 Å². The molecule has 0 amide bonds. The molecule has 0 heterocycles. The highest BCUT2D eigenvalue weighted by molar-refractivity contribution is 4.63. The summed E-state index contributed by atoms with van der Waals surface area (Å²) < 4.78 is 5.32. The minimum absolute atomic E-state index is 0.799. The van der Waals surface area contributed by atoms with Crippen LogP contribution in [0.25, 0.3) is 0 Å². The van der Waals surface area contributed by atoms with Crippen molar-refractivity contribution in [2.75, 3.05) is 45.9 Å². The molecule has 0 aromatic heterocycles. The first-order valence-electron chi connectivity index (χ1n) is 8.07. The third-order valence-corrected chi connectivity index (χ3v) is 3.28. The average molecular weight is 272 g/mol. The first-order valence-corrected chi connectivity index (χ1v) is 8.07. The van der Waals surface area contributed by atoms with E-state index in [0.717, 1.165) is 44.7 Å². The lowest BCUT2D eigenvalue weighted by Gasteiger charge is -2.24. The molecule has 0 aliphatic heterocycles. The smallest absolute Gasteiger partial charge is 0.0590 e. The van der Waals surface area contributed by atoms with Crippen molar-refractivity contribution < 1.29 is 4.74 Å². The van der Waals surface area contributed by atoms with Gasteiger partial charge in [0, 0.05) is 26.2 Å². The molecule has 1 N–H and O–H groups in total. The van der Waals surface area contributed by atoms with E-state index in [1.165, 1.54) is 25.9 Å². The van der Waals surface area contributed by atoms with Crippen molar-refractivity contribution in [1.29, 1.82) is 0 Å². The molecule has 0 unspecified atom stereocenters. The van der Waals surface area contributed by atoms with E-state index in [2.05, 4.69) is 37.9 Å². The van der Waals surface area contributed by atoms with Crippen LogP contribution in [-0.2, 0) is 4.74 Å². The highest BCUT2D eigenvalue weighted by Gasteiger charge is 2.06. The zero-order chi connectivity index (χ0) is 14.5. The van der Waals surface area contributed by atoms with Crippen LogP contribution in [0.5, 0.6) is 0 Å². The molecule has 0 rings (SSSR count). The van der Waals surface area contributed by atoms with Crippen LogP contribution >= 0.6 is 0 Å². The molecule has 116 valence electrons. The summed E-state index contributed by atoms with van der Waals surface area (Å²) in [6.45, 7) is 18.6. The summed E-state index contributed by atoms with van der Waals surface area (Å²) in [7, 11) is 0. The van der Waals surface area contributed by atoms with Gasteiger partial charge >= 0.3 is 0 Å². The first kappa shape index (κ1) is 18.9. The third-order valence-electron chi connectivity index (χ3n) is 3.28. The molecule has 0 saturated carbocycles. The maximum atomic E-state index is 5.32. The Morgan fingerprint density at radius 1 is 0.895 bits per heavy atom. The quantitative estimate of drug-likeness (QED) is 0.522. The molecule has 0 aliphatic rings. The lowest BCUT2D eigenvalue weighted by atomic mass is 10.1. The van der Waals surface area contributed by atoms with Crippen LogP contribution < -0.4 is 5.32 Å². The van der Waals surface area contributed by atoms with Crippen molar-refractivity contribution in [3.8, 4) is 0 Å². The number of hydrogen-bond donors (Lipinski definition) is 1. The number of ether oxygens (including phenoxy) is 1. The second-order valence-corrected chi connectivity index (χ2v) is 6.15. The molecule has 0 spiro atoms. The maximum absolute atomic E-state index is 5.32. The van der Waals surface area contributed by atoms with Gasteiger partial charge in [-0.3, -0.25) is 0 Å². The van der Waals surface area contributed by atoms with E-state index >= 15 is 0 Å². The van der Waals surface area contributed by atoms with E-state index in [1.807, 2.05) is 6.92 Å². The highest BCUT2D eigenvalue weighted by Crippen LogP contribution is 2.05. The van der Waals surface area contributed by atoms with E-state index < -0.39 is 0 Å². The van der Waals surface area contributed by atoms with Gasteiger partial charge in [0.2, 0.25) is 0 Å². The second-order valence-electron chi connectivity index (χ2n) is 6.15. The van der Waals surface area contributed by atoms with Crippen LogP contribution in [0.3, 0.4) is 0 Å². The first-order chi connectivity index (χ1) is 9.06. The molecule has 0 atom stereocenters. The summed E-state index contributed by atoms with van der Waals surface area (Å²) in [4.78, 5) is 2.60. The standard InChI is InChI=1S/C16H36N2O/c1-6-19-14-10-17-9-13-18(11-7-15(2)3)12-8-16(4)5/h15-17H,6-14H2,1-5H3. The molecular weight excluding hydrogens is 236 g/mol. The van der Waals surface area contributed by atoms with E-state index in [-0.39, 0.29) is 0 Å². The Labute approximate surface area is 121 Å². The predicted molar refractivity (Wildman–Crippen MR) is 84.7 cm³/mol. The van der Waals surface area contributed by atoms with Gasteiger partial charge in [-0.1, -0.05) is 27.7 Å². The van der Waals surface area contributed by atoms with E-state index in [9.17, 15) is 0 Å². The van der Waals surface area contributed by atoms with Crippen molar-refractivity contribution in [3.63, 3.8) is 0 Å². The van der Waals surface area contributed by atoms with Crippen molar-refractivity contribution in [3.05, 3.63) is 0 Å². The fourth-order valence-corrected chi connectivity index (χ4v) is 1.87. The van der Waals surface area contributed by atoms with E-state index in [0.29, 0.717) is 0 Å². The molecule has 0 bridgehead atoms. The molecule has 0 radical (unpaired) electrons. The summed E-state index contributed by atoms with van der Waals surface area (Å²) in [6, 6.07) is 0. The predicted octanol–water partition coefficient (Wildman–Crippen LogP) is 3.01. The molecule has 3 nitrogen and oxygen atoms in total. The van der Waals surface area contributed by atoms with Crippen molar-refractivity contribution in [2.45, 2.75) is 47.5 Å². The molecule has 19 heavy (non-hydrogen) atoms. The van der Waals surface area contributed by atoms with Gasteiger partial charge in [0.05, 0.1) is 6.61 Å². The van der Waals surface area contributed by atoms with Gasteiger partial charge in [0.1, 0.15) is 0 Å². The van der Waals surface area contributed by atoms with Crippen LogP contribution in [0.15, 0.2) is 0 Å². The van der Waals surface area contributed by atoms with Crippen LogP contribution in [-0.4, -0.2) is 50.8 Å². The Hall–Kier alpha value is -0.120. The number of nitrogens with zero attached hydrogens (tertiary/aromatic N) is 1. The summed E-state index contributed by atoms with van der Waals surface area (Å²) in [5.41, 5.74) is 0. The lowest BCUT2D eigenvalue weighted by Crippen LogP contribution is -2.35. The Kier molecular flexibility index (Phi) is 12.8. The summed E-state index contributed by atoms with van der Waals surface area (Å²) in [6.07, 6.45) is 2.61. The highest BCUT2D eigenvalue weighted by atomic mass is 16.5. The second kappa shape index (κ2) is 12.9. The van der Waals surface area contributed by atoms with Gasteiger partial charge in [-0.25, -0.2) is 0 Å². The number of hydrogen-bond acceptors (Lipinski definition) is 3. The van der Waals surface area contributed by atoms with Crippen LogP contribution in [0.2, 0.25) is 0 Å². The minimum atomic E-state index is 0.799.